The Morgan fingerprint density at radius 2 is 1.81 bits per heavy atom. The molecule has 0 aliphatic carbocycles. The van der Waals surface area contributed by atoms with Gasteiger partial charge in [0.05, 0.1) is 18.1 Å². The number of likely N-dealkylation sites (tertiary alicyclic amines) is 1. The maximum Gasteiger partial charge on any atom is 0.223 e. The number of carbonyl (C=O) groups excluding carboxylic acids is 1. The van der Waals surface area contributed by atoms with Crippen LogP contribution in [0.25, 0.3) is 11.0 Å². The van der Waals surface area contributed by atoms with Crippen LogP contribution in [-0.4, -0.2) is 34.0 Å². The molecule has 1 aromatic heterocycles. The standard InChI is InChI=1S/C26H24BrN3O2/c1-32-22-11-9-18(10-12-22)15-29-17-20(14-25(29)31)26-28-23-7-2-3-8-24(23)30(26)16-19-5-4-6-21(27)13-19/h2-13,20H,14-17H2,1H3. The molecular formula is C26H24BrN3O2. The molecule has 6 heteroatoms. The number of nitrogens with zero attached hydrogens (tertiary/aromatic N) is 3. The van der Waals surface area contributed by atoms with Gasteiger partial charge in [0.25, 0.3) is 0 Å². The summed E-state index contributed by atoms with van der Waals surface area (Å²) >= 11 is 3.57. The first-order chi connectivity index (χ1) is 15.6. The summed E-state index contributed by atoms with van der Waals surface area (Å²) in [6.07, 6.45) is 0.484. The first kappa shape index (κ1) is 20.8. The van der Waals surface area contributed by atoms with E-state index in [0.29, 0.717) is 19.5 Å². The molecule has 0 spiro atoms. The van der Waals surface area contributed by atoms with Gasteiger partial charge in [0, 0.05) is 36.4 Å². The van der Waals surface area contributed by atoms with E-state index in [1.807, 2.05) is 59.5 Å². The highest BCUT2D eigenvalue weighted by Gasteiger charge is 2.34. The number of ether oxygens (including phenoxy) is 1. The van der Waals surface area contributed by atoms with Crippen molar-refractivity contribution in [3.8, 4) is 5.75 Å². The summed E-state index contributed by atoms with van der Waals surface area (Å²) < 4.78 is 8.57. The number of carbonyl (C=O) groups is 1. The second kappa shape index (κ2) is 8.79. The average Bonchev–Trinajstić information content (AvgIpc) is 3.35. The average molecular weight is 490 g/mol. The number of benzene rings is 3. The Labute approximate surface area is 195 Å². The molecule has 2 heterocycles. The van der Waals surface area contributed by atoms with E-state index in [-0.39, 0.29) is 11.8 Å². The largest absolute Gasteiger partial charge is 0.497 e. The van der Waals surface area contributed by atoms with Gasteiger partial charge in [0.15, 0.2) is 0 Å². The number of imidazole rings is 1. The monoisotopic (exact) mass is 489 g/mol. The Morgan fingerprint density at radius 1 is 1.00 bits per heavy atom. The van der Waals surface area contributed by atoms with E-state index in [1.54, 1.807) is 7.11 Å². The normalized spacial score (nSPS) is 16.1. The van der Waals surface area contributed by atoms with Crippen molar-refractivity contribution in [1.82, 2.24) is 14.5 Å². The van der Waals surface area contributed by atoms with Gasteiger partial charge in [0.2, 0.25) is 5.91 Å². The summed E-state index contributed by atoms with van der Waals surface area (Å²) in [4.78, 5) is 19.8. The van der Waals surface area contributed by atoms with E-state index in [9.17, 15) is 4.79 Å². The number of para-hydroxylation sites is 2. The van der Waals surface area contributed by atoms with Gasteiger partial charge >= 0.3 is 0 Å². The van der Waals surface area contributed by atoms with Crippen LogP contribution in [0.5, 0.6) is 5.75 Å². The molecule has 5 rings (SSSR count). The van der Waals surface area contributed by atoms with E-state index in [1.165, 1.54) is 5.56 Å². The van der Waals surface area contributed by atoms with Crippen LogP contribution in [0, 0.1) is 0 Å². The van der Waals surface area contributed by atoms with Gasteiger partial charge in [-0.1, -0.05) is 52.3 Å². The summed E-state index contributed by atoms with van der Waals surface area (Å²) in [5, 5.41) is 0. The Kier molecular flexibility index (Phi) is 5.70. The first-order valence-corrected chi connectivity index (χ1v) is 11.5. The van der Waals surface area contributed by atoms with Crippen LogP contribution in [0.1, 0.15) is 29.3 Å². The lowest BCUT2D eigenvalue weighted by atomic mass is 10.1. The Morgan fingerprint density at radius 3 is 2.59 bits per heavy atom. The molecule has 32 heavy (non-hydrogen) atoms. The van der Waals surface area contributed by atoms with Crippen LogP contribution < -0.4 is 4.74 Å². The number of rotatable bonds is 6. The molecule has 1 aliphatic rings. The lowest BCUT2D eigenvalue weighted by Gasteiger charge is -2.18. The minimum Gasteiger partial charge on any atom is -0.497 e. The summed E-state index contributed by atoms with van der Waals surface area (Å²) in [6.45, 7) is 2.00. The van der Waals surface area contributed by atoms with Crippen LogP contribution in [0.4, 0.5) is 0 Å². The molecule has 1 saturated heterocycles. The molecule has 1 aliphatic heterocycles. The van der Waals surface area contributed by atoms with Gasteiger partial charge in [-0.3, -0.25) is 4.79 Å². The van der Waals surface area contributed by atoms with Crippen molar-refractivity contribution < 1.29 is 9.53 Å². The minimum absolute atomic E-state index is 0.0697. The highest BCUT2D eigenvalue weighted by atomic mass is 79.9. The number of hydrogen-bond acceptors (Lipinski definition) is 3. The van der Waals surface area contributed by atoms with Gasteiger partial charge in [-0.2, -0.15) is 0 Å². The van der Waals surface area contributed by atoms with Crippen molar-refractivity contribution >= 4 is 32.9 Å². The lowest BCUT2D eigenvalue weighted by Crippen LogP contribution is -2.24. The molecule has 0 saturated carbocycles. The van der Waals surface area contributed by atoms with E-state index in [0.717, 1.165) is 39.2 Å². The van der Waals surface area contributed by atoms with Gasteiger partial charge in [0.1, 0.15) is 11.6 Å². The fraction of sp³-hybridized carbons (Fsp3) is 0.231. The van der Waals surface area contributed by atoms with E-state index in [2.05, 4.69) is 38.7 Å². The van der Waals surface area contributed by atoms with Gasteiger partial charge in [-0.25, -0.2) is 4.98 Å². The van der Waals surface area contributed by atoms with Crippen LogP contribution >= 0.6 is 15.9 Å². The molecule has 162 valence electrons. The zero-order chi connectivity index (χ0) is 22.1. The summed E-state index contributed by atoms with van der Waals surface area (Å²) in [5.41, 5.74) is 4.37. The molecular weight excluding hydrogens is 466 g/mol. The Bertz CT molecular complexity index is 1270. The van der Waals surface area contributed by atoms with Crippen LogP contribution in [0.2, 0.25) is 0 Å². The molecule has 0 radical (unpaired) electrons. The molecule has 1 fully saturated rings. The van der Waals surface area contributed by atoms with Crippen LogP contribution in [-0.2, 0) is 17.9 Å². The van der Waals surface area contributed by atoms with Crippen LogP contribution in [0.3, 0.4) is 0 Å². The molecule has 1 amide bonds. The third-order valence-electron chi connectivity index (χ3n) is 6.03. The van der Waals surface area contributed by atoms with Crippen molar-refractivity contribution in [2.45, 2.75) is 25.4 Å². The minimum atomic E-state index is 0.0697. The molecule has 1 unspecified atom stereocenters. The molecule has 3 aromatic carbocycles. The molecule has 4 aromatic rings. The lowest BCUT2D eigenvalue weighted by molar-refractivity contribution is -0.128. The molecule has 1 atom stereocenters. The number of methoxy groups -OCH3 is 1. The van der Waals surface area contributed by atoms with Crippen LogP contribution in [0.15, 0.2) is 77.3 Å². The number of halogens is 1. The van der Waals surface area contributed by atoms with E-state index >= 15 is 0 Å². The first-order valence-electron chi connectivity index (χ1n) is 10.7. The predicted octanol–water partition coefficient (Wildman–Crippen LogP) is 5.37. The number of amides is 1. The van der Waals surface area contributed by atoms with Gasteiger partial charge in [-0.15, -0.1) is 0 Å². The predicted molar refractivity (Wildman–Crippen MR) is 129 cm³/mol. The number of hydrogen-bond donors (Lipinski definition) is 0. The van der Waals surface area contributed by atoms with Crippen molar-refractivity contribution in [2.24, 2.45) is 0 Å². The topological polar surface area (TPSA) is 47.4 Å². The zero-order valence-electron chi connectivity index (χ0n) is 17.9. The SMILES string of the molecule is COc1ccc(CN2CC(c3nc4ccccc4n3Cc3cccc(Br)c3)CC2=O)cc1. The Hall–Kier alpha value is -3.12. The smallest absolute Gasteiger partial charge is 0.223 e. The maximum atomic E-state index is 12.9. The van der Waals surface area contributed by atoms with Gasteiger partial charge in [-0.05, 0) is 47.5 Å². The molecule has 5 nitrogen and oxygen atoms in total. The van der Waals surface area contributed by atoms with E-state index in [4.69, 9.17) is 9.72 Å². The third kappa shape index (κ3) is 4.15. The number of aromatic nitrogens is 2. The van der Waals surface area contributed by atoms with Crippen molar-refractivity contribution in [1.29, 1.82) is 0 Å². The van der Waals surface area contributed by atoms with Crippen molar-refractivity contribution in [3.63, 3.8) is 0 Å². The zero-order valence-corrected chi connectivity index (χ0v) is 19.5. The Balaban J connectivity index is 1.43. The molecule has 0 N–H and O–H groups in total. The number of fused-ring (bicyclic) bond motifs is 1. The summed E-state index contributed by atoms with van der Waals surface area (Å²) in [6, 6.07) is 24.4. The fourth-order valence-corrected chi connectivity index (χ4v) is 4.89. The highest BCUT2D eigenvalue weighted by molar-refractivity contribution is 9.10. The fourth-order valence-electron chi connectivity index (χ4n) is 4.44. The second-order valence-corrected chi connectivity index (χ2v) is 9.11. The van der Waals surface area contributed by atoms with Gasteiger partial charge < -0.3 is 14.2 Å². The van der Waals surface area contributed by atoms with E-state index < -0.39 is 0 Å². The summed E-state index contributed by atoms with van der Waals surface area (Å²) in [5.74, 6) is 2.05. The summed E-state index contributed by atoms with van der Waals surface area (Å²) in [7, 11) is 1.66. The highest BCUT2D eigenvalue weighted by Crippen LogP contribution is 2.32. The quantitative estimate of drug-likeness (QED) is 0.365. The third-order valence-corrected chi connectivity index (χ3v) is 6.52. The molecule has 0 bridgehead atoms. The van der Waals surface area contributed by atoms with Crippen molar-refractivity contribution in [3.05, 3.63) is 94.2 Å². The second-order valence-electron chi connectivity index (χ2n) is 8.20. The van der Waals surface area contributed by atoms with Crippen molar-refractivity contribution in [2.75, 3.05) is 13.7 Å². The maximum absolute atomic E-state index is 12.9.